The molecule has 0 aromatic heterocycles. The molecule has 4 rings (SSSR count). The predicted octanol–water partition coefficient (Wildman–Crippen LogP) is 3.80. The molecule has 1 heterocycles. The summed E-state index contributed by atoms with van der Waals surface area (Å²) in [4.78, 5) is 14.0. The number of carbonyl (C=O) groups is 1. The van der Waals surface area contributed by atoms with Gasteiger partial charge in [-0.15, -0.1) is 0 Å². The number of hydrogen-bond acceptors (Lipinski definition) is 4. The topological polar surface area (TPSA) is 66.9 Å². The molecule has 0 N–H and O–H groups in total. The summed E-state index contributed by atoms with van der Waals surface area (Å²) in [5, 5.41) is 2.10. The zero-order valence-electron chi connectivity index (χ0n) is 17.0. The number of methoxy groups -OCH3 is 1. The van der Waals surface area contributed by atoms with Crippen molar-refractivity contribution in [1.29, 1.82) is 0 Å². The van der Waals surface area contributed by atoms with Gasteiger partial charge in [0.05, 0.1) is 17.7 Å². The third-order valence-electron chi connectivity index (χ3n) is 5.50. The Morgan fingerprint density at radius 1 is 1.07 bits per heavy atom. The number of rotatable bonds is 6. The molecule has 1 amide bonds. The van der Waals surface area contributed by atoms with E-state index in [2.05, 4.69) is 0 Å². The summed E-state index contributed by atoms with van der Waals surface area (Å²) in [6.45, 7) is 0.804. The normalized spacial score (nSPS) is 14.6. The van der Waals surface area contributed by atoms with E-state index in [1.165, 1.54) is 23.5 Å². The average Bonchev–Trinajstić information content (AvgIpc) is 3.19. The molecule has 0 unspecified atom stereocenters. The van der Waals surface area contributed by atoms with E-state index in [-0.39, 0.29) is 17.3 Å². The summed E-state index contributed by atoms with van der Waals surface area (Å²) in [6.07, 6.45) is 1.21. The number of anilines is 1. The van der Waals surface area contributed by atoms with Crippen molar-refractivity contribution in [3.05, 3.63) is 66.2 Å². The zero-order chi connectivity index (χ0) is 21.3. The Kier molecular flexibility index (Phi) is 5.49. The van der Waals surface area contributed by atoms with Crippen molar-refractivity contribution in [1.82, 2.24) is 4.31 Å². The lowest BCUT2D eigenvalue weighted by atomic mass is 10.0. The molecule has 0 atom stereocenters. The highest BCUT2D eigenvalue weighted by Gasteiger charge is 2.28. The Morgan fingerprint density at radius 3 is 2.57 bits per heavy atom. The number of amides is 1. The third-order valence-corrected chi connectivity index (χ3v) is 7.30. The monoisotopic (exact) mass is 424 g/mol. The largest absolute Gasteiger partial charge is 0.495 e. The first-order valence-electron chi connectivity index (χ1n) is 9.83. The molecule has 0 spiro atoms. The molecular formula is C23H24N2O4S. The van der Waals surface area contributed by atoms with Crippen LogP contribution < -0.4 is 9.64 Å². The fourth-order valence-electron chi connectivity index (χ4n) is 3.88. The van der Waals surface area contributed by atoms with E-state index in [0.717, 1.165) is 22.8 Å². The summed E-state index contributed by atoms with van der Waals surface area (Å²) in [5.74, 6) is 0.466. The van der Waals surface area contributed by atoms with Crippen LogP contribution in [-0.4, -0.2) is 39.3 Å². The van der Waals surface area contributed by atoms with E-state index >= 15 is 0 Å². The highest BCUT2D eigenvalue weighted by atomic mass is 32.2. The minimum Gasteiger partial charge on any atom is -0.495 e. The van der Waals surface area contributed by atoms with Gasteiger partial charge in [-0.2, -0.15) is 4.31 Å². The van der Waals surface area contributed by atoms with Crippen LogP contribution in [0.25, 0.3) is 10.8 Å². The molecule has 0 radical (unpaired) electrons. The minimum atomic E-state index is -3.76. The summed E-state index contributed by atoms with van der Waals surface area (Å²) in [7, 11) is -0.675. The molecule has 30 heavy (non-hydrogen) atoms. The van der Waals surface area contributed by atoms with Crippen LogP contribution in [0, 0.1) is 0 Å². The van der Waals surface area contributed by atoms with Gasteiger partial charge in [-0.05, 0) is 41.0 Å². The lowest BCUT2D eigenvalue weighted by molar-refractivity contribution is -0.117. The maximum Gasteiger partial charge on any atom is 0.243 e. The van der Waals surface area contributed by atoms with Crippen molar-refractivity contribution in [2.24, 2.45) is 0 Å². The lowest BCUT2D eigenvalue weighted by Crippen LogP contribution is -2.28. The summed E-state index contributed by atoms with van der Waals surface area (Å²) >= 11 is 0. The SMILES string of the molecule is COc1ccc(S(=O)(=O)N(C)Cc2cccc3ccccc23)cc1N1CCCC1=O. The summed E-state index contributed by atoms with van der Waals surface area (Å²) in [5.41, 5.74) is 1.43. The van der Waals surface area contributed by atoms with Crippen LogP contribution in [0.5, 0.6) is 5.75 Å². The van der Waals surface area contributed by atoms with Crippen LogP contribution in [0.1, 0.15) is 18.4 Å². The molecule has 0 bridgehead atoms. The Morgan fingerprint density at radius 2 is 1.83 bits per heavy atom. The second-order valence-electron chi connectivity index (χ2n) is 7.38. The first kappa shape index (κ1) is 20.4. The molecule has 0 saturated carbocycles. The van der Waals surface area contributed by atoms with E-state index in [4.69, 9.17) is 4.74 Å². The molecule has 1 aliphatic heterocycles. The fraction of sp³-hybridized carbons (Fsp3) is 0.261. The zero-order valence-corrected chi connectivity index (χ0v) is 17.9. The molecule has 1 saturated heterocycles. The van der Waals surface area contributed by atoms with Gasteiger partial charge < -0.3 is 9.64 Å². The number of hydrogen-bond donors (Lipinski definition) is 0. The van der Waals surface area contributed by atoms with Gasteiger partial charge >= 0.3 is 0 Å². The van der Waals surface area contributed by atoms with Gasteiger partial charge in [-0.3, -0.25) is 4.79 Å². The van der Waals surface area contributed by atoms with Gasteiger partial charge in [0.1, 0.15) is 5.75 Å². The molecule has 7 heteroatoms. The fourth-order valence-corrected chi connectivity index (χ4v) is 5.05. The molecule has 156 valence electrons. The first-order valence-corrected chi connectivity index (χ1v) is 11.3. The average molecular weight is 425 g/mol. The highest BCUT2D eigenvalue weighted by Crippen LogP contribution is 2.34. The van der Waals surface area contributed by atoms with Crippen LogP contribution in [0.3, 0.4) is 0 Å². The van der Waals surface area contributed by atoms with Gasteiger partial charge in [0.2, 0.25) is 15.9 Å². The van der Waals surface area contributed by atoms with Crippen molar-refractivity contribution < 1.29 is 17.9 Å². The second-order valence-corrected chi connectivity index (χ2v) is 9.43. The van der Waals surface area contributed by atoms with Crippen molar-refractivity contribution in [3.63, 3.8) is 0 Å². The highest BCUT2D eigenvalue weighted by molar-refractivity contribution is 7.89. The lowest BCUT2D eigenvalue weighted by Gasteiger charge is -2.22. The maximum atomic E-state index is 13.3. The Labute approximate surface area is 176 Å². The number of nitrogens with zero attached hydrogens (tertiary/aromatic N) is 2. The van der Waals surface area contributed by atoms with Gasteiger partial charge in [-0.25, -0.2) is 8.42 Å². The van der Waals surface area contributed by atoms with E-state index in [1.54, 1.807) is 18.0 Å². The first-order chi connectivity index (χ1) is 14.4. The van der Waals surface area contributed by atoms with Crippen LogP contribution in [0.15, 0.2) is 65.6 Å². The van der Waals surface area contributed by atoms with Gasteiger partial charge in [-0.1, -0.05) is 42.5 Å². The van der Waals surface area contributed by atoms with Gasteiger partial charge in [0.25, 0.3) is 0 Å². The number of fused-ring (bicyclic) bond motifs is 1. The van der Waals surface area contributed by atoms with Crippen molar-refractivity contribution in [2.45, 2.75) is 24.3 Å². The number of ether oxygens (including phenoxy) is 1. The van der Waals surface area contributed by atoms with Crippen molar-refractivity contribution in [3.8, 4) is 5.75 Å². The van der Waals surface area contributed by atoms with Crippen molar-refractivity contribution in [2.75, 3.05) is 25.6 Å². The summed E-state index contributed by atoms with van der Waals surface area (Å²) < 4.78 is 33.3. The Hall–Kier alpha value is -2.90. The van der Waals surface area contributed by atoms with E-state index in [9.17, 15) is 13.2 Å². The summed E-state index contributed by atoms with van der Waals surface area (Å²) in [6, 6.07) is 18.5. The molecule has 3 aromatic rings. The van der Waals surface area contributed by atoms with Crippen molar-refractivity contribution >= 4 is 32.4 Å². The van der Waals surface area contributed by atoms with Crippen LogP contribution in [0.2, 0.25) is 0 Å². The smallest absolute Gasteiger partial charge is 0.243 e. The van der Waals surface area contributed by atoms with Gasteiger partial charge in [0, 0.05) is 26.6 Å². The molecular weight excluding hydrogens is 400 g/mol. The molecule has 1 aliphatic rings. The van der Waals surface area contributed by atoms with E-state index < -0.39 is 10.0 Å². The quantitative estimate of drug-likeness (QED) is 0.604. The molecule has 6 nitrogen and oxygen atoms in total. The van der Waals surface area contributed by atoms with E-state index in [0.29, 0.717) is 24.4 Å². The third kappa shape index (κ3) is 3.66. The standard InChI is InChI=1S/C23H24N2O4S/c1-24(16-18-9-5-8-17-7-3-4-10-20(17)18)30(27,28)19-12-13-22(29-2)21(15-19)25-14-6-11-23(25)26/h3-5,7-10,12-13,15H,6,11,14,16H2,1-2H3. The van der Waals surface area contributed by atoms with Crippen LogP contribution >= 0.6 is 0 Å². The van der Waals surface area contributed by atoms with Crippen LogP contribution in [0.4, 0.5) is 5.69 Å². The molecule has 0 aliphatic carbocycles. The number of sulfonamides is 1. The number of benzene rings is 3. The maximum absolute atomic E-state index is 13.3. The van der Waals surface area contributed by atoms with E-state index in [1.807, 2.05) is 42.5 Å². The Balaban J connectivity index is 1.68. The Bertz CT molecular complexity index is 1200. The molecule has 3 aromatic carbocycles. The van der Waals surface area contributed by atoms with Crippen LogP contribution in [-0.2, 0) is 21.4 Å². The minimum absolute atomic E-state index is 0.0213. The predicted molar refractivity (Wildman–Crippen MR) is 117 cm³/mol. The van der Waals surface area contributed by atoms with Gasteiger partial charge in [0.15, 0.2) is 0 Å². The number of carbonyl (C=O) groups excluding carboxylic acids is 1. The second kappa shape index (κ2) is 8.08. The molecule has 1 fully saturated rings.